The molecule has 2 unspecified atom stereocenters. The van der Waals surface area contributed by atoms with Crippen molar-refractivity contribution in [3.63, 3.8) is 0 Å². The van der Waals surface area contributed by atoms with E-state index in [0.29, 0.717) is 16.2 Å². The standard InChI is InChI=1S/C19H24O4S2/c1-13-10-14(24-11-18(2)6-4-8-22-18)17(16(21)15(13)20)25-12-19(3)7-5-9-23-19/h4-5,8-10,20-21H,6-7,11-12H2,1-3H3. The van der Waals surface area contributed by atoms with Gasteiger partial charge < -0.3 is 19.7 Å². The van der Waals surface area contributed by atoms with E-state index >= 15 is 0 Å². The summed E-state index contributed by atoms with van der Waals surface area (Å²) in [6.07, 6.45) is 9.24. The molecule has 1 aromatic carbocycles. The summed E-state index contributed by atoms with van der Waals surface area (Å²) in [4.78, 5) is 1.67. The van der Waals surface area contributed by atoms with E-state index in [0.717, 1.165) is 23.5 Å². The molecule has 0 fully saturated rings. The van der Waals surface area contributed by atoms with Crippen molar-refractivity contribution in [2.24, 2.45) is 0 Å². The summed E-state index contributed by atoms with van der Waals surface area (Å²) in [6, 6.07) is 1.93. The first-order chi connectivity index (χ1) is 11.8. The fraction of sp³-hybridized carbons (Fsp3) is 0.474. The van der Waals surface area contributed by atoms with Crippen LogP contribution in [0.3, 0.4) is 0 Å². The molecule has 1 aromatic rings. The maximum absolute atomic E-state index is 10.5. The van der Waals surface area contributed by atoms with Gasteiger partial charge in [0.1, 0.15) is 11.2 Å². The Morgan fingerprint density at radius 1 is 0.960 bits per heavy atom. The van der Waals surface area contributed by atoms with Crippen LogP contribution in [0.25, 0.3) is 0 Å². The van der Waals surface area contributed by atoms with Gasteiger partial charge in [0.2, 0.25) is 0 Å². The summed E-state index contributed by atoms with van der Waals surface area (Å²) in [5.74, 6) is 1.37. The van der Waals surface area contributed by atoms with Crippen molar-refractivity contribution in [3.8, 4) is 11.5 Å². The molecule has 0 saturated heterocycles. The zero-order valence-corrected chi connectivity index (χ0v) is 16.4. The highest BCUT2D eigenvalue weighted by atomic mass is 32.2. The Labute approximate surface area is 157 Å². The molecule has 4 nitrogen and oxygen atoms in total. The third-order valence-corrected chi connectivity index (χ3v) is 7.41. The molecule has 25 heavy (non-hydrogen) atoms. The highest BCUT2D eigenvalue weighted by Gasteiger charge is 2.31. The van der Waals surface area contributed by atoms with Crippen molar-refractivity contribution in [2.45, 2.75) is 54.6 Å². The average molecular weight is 381 g/mol. The van der Waals surface area contributed by atoms with Crippen molar-refractivity contribution in [1.29, 1.82) is 0 Å². The van der Waals surface area contributed by atoms with Crippen molar-refractivity contribution in [1.82, 2.24) is 0 Å². The Bertz CT molecular complexity index is 696. The summed E-state index contributed by atoms with van der Waals surface area (Å²) in [5.41, 5.74) is 0.174. The predicted octanol–water partition coefficient (Wildman–Crippen LogP) is 4.98. The van der Waals surface area contributed by atoms with Crippen LogP contribution < -0.4 is 0 Å². The second-order valence-corrected chi connectivity index (χ2v) is 9.09. The second kappa shape index (κ2) is 7.08. The summed E-state index contributed by atoms with van der Waals surface area (Å²) in [7, 11) is 0. The first-order valence-corrected chi connectivity index (χ1v) is 10.3. The van der Waals surface area contributed by atoms with Crippen molar-refractivity contribution in [3.05, 3.63) is 36.3 Å². The molecule has 0 aliphatic carbocycles. The van der Waals surface area contributed by atoms with E-state index in [-0.39, 0.29) is 22.7 Å². The molecule has 0 spiro atoms. The van der Waals surface area contributed by atoms with E-state index in [9.17, 15) is 10.2 Å². The van der Waals surface area contributed by atoms with Gasteiger partial charge in [0, 0.05) is 29.2 Å². The Balaban J connectivity index is 1.78. The summed E-state index contributed by atoms with van der Waals surface area (Å²) >= 11 is 3.17. The molecule has 0 amide bonds. The van der Waals surface area contributed by atoms with E-state index in [4.69, 9.17) is 9.47 Å². The van der Waals surface area contributed by atoms with Crippen LogP contribution in [0.15, 0.2) is 40.5 Å². The highest BCUT2D eigenvalue weighted by Crippen LogP contribution is 2.47. The van der Waals surface area contributed by atoms with E-state index < -0.39 is 0 Å². The topological polar surface area (TPSA) is 58.9 Å². The third kappa shape index (κ3) is 4.06. The lowest BCUT2D eigenvalue weighted by Gasteiger charge is -2.26. The monoisotopic (exact) mass is 380 g/mol. The van der Waals surface area contributed by atoms with Gasteiger partial charge in [-0.3, -0.25) is 0 Å². The van der Waals surface area contributed by atoms with Crippen LogP contribution in [0.1, 0.15) is 32.3 Å². The van der Waals surface area contributed by atoms with Crippen LogP contribution in [-0.2, 0) is 9.47 Å². The predicted molar refractivity (Wildman–Crippen MR) is 102 cm³/mol. The lowest BCUT2D eigenvalue weighted by atomic mass is 10.1. The van der Waals surface area contributed by atoms with Crippen LogP contribution in [0.5, 0.6) is 11.5 Å². The number of phenolic OH excluding ortho intramolecular Hbond substituents is 2. The van der Waals surface area contributed by atoms with Gasteiger partial charge in [-0.1, -0.05) is 0 Å². The fourth-order valence-corrected chi connectivity index (χ4v) is 5.30. The highest BCUT2D eigenvalue weighted by molar-refractivity contribution is 8.02. The number of phenols is 2. The smallest absolute Gasteiger partial charge is 0.172 e. The van der Waals surface area contributed by atoms with Crippen molar-refractivity contribution >= 4 is 23.5 Å². The first-order valence-electron chi connectivity index (χ1n) is 8.29. The number of ether oxygens (including phenoxy) is 2. The molecule has 0 radical (unpaired) electrons. The number of aryl methyl sites for hydroxylation is 1. The maximum Gasteiger partial charge on any atom is 0.172 e. The van der Waals surface area contributed by atoms with Gasteiger partial charge in [-0.05, 0) is 44.6 Å². The van der Waals surface area contributed by atoms with Crippen LogP contribution in [0.4, 0.5) is 0 Å². The van der Waals surface area contributed by atoms with Crippen molar-refractivity contribution in [2.75, 3.05) is 11.5 Å². The van der Waals surface area contributed by atoms with Gasteiger partial charge in [-0.25, -0.2) is 0 Å². The van der Waals surface area contributed by atoms with E-state index in [2.05, 4.69) is 13.8 Å². The average Bonchev–Trinajstić information content (AvgIpc) is 3.20. The molecule has 6 heteroatoms. The quantitative estimate of drug-likeness (QED) is 0.536. The van der Waals surface area contributed by atoms with E-state index in [1.54, 1.807) is 31.2 Å². The Hall–Kier alpha value is -1.40. The Kier molecular flexibility index (Phi) is 5.21. The Morgan fingerprint density at radius 2 is 1.52 bits per heavy atom. The normalized spacial score (nSPS) is 27.5. The minimum atomic E-state index is -0.274. The minimum Gasteiger partial charge on any atom is -0.504 e. The number of hydrogen-bond donors (Lipinski definition) is 2. The molecule has 136 valence electrons. The zero-order chi connectivity index (χ0) is 18.1. The minimum absolute atomic E-state index is 0.0438. The van der Waals surface area contributed by atoms with Crippen LogP contribution >= 0.6 is 23.5 Å². The van der Waals surface area contributed by atoms with Gasteiger partial charge in [0.15, 0.2) is 11.5 Å². The number of aromatic hydroxyl groups is 2. The van der Waals surface area contributed by atoms with Gasteiger partial charge in [-0.2, -0.15) is 0 Å². The lowest BCUT2D eigenvalue weighted by Crippen LogP contribution is -2.26. The summed E-state index contributed by atoms with van der Waals surface area (Å²) < 4.78 is 11.4. The molecule has 0 saturated carbocycles. The molecule has 3 rings (SSSR count). The number of benzene rings is 1. The molecule has 2 heterocycles. The molecular formula is C19H24O4S2. The van der Waals surface area contributed by atoms with Crippen LogP contribution in [-0.4, -0.2) is 32.9 Å². The largest absolute Gasteiger partial charge is 0.504 e. The van der Waals surface area contributed by atoms with E-state index in [1.165, 1.54) is 11.8 Å². The van der Waals surface area contributed by atoms with Crippen LogP contribution in [0, 0.1) is 6.92 Å². The molecule has 0 aromatic heterocycles. The molecule has 0 bridgehead atoms. The molecule has 2 N–H and O–H groups in total. The lowest BCUT2D eigenvalue weighted by molar-refractivity contribution is 0.0872. The summed E-state index contributed by atoms with van der Waals surface area (Å²) in [6.45, 7) is 5.93. The number of rotatable bonds is 6. The number of thioether (sulfide) groups is 2. The van der Waals surface area contributed by atoms with Gasteiger partial charge in [-0.15, -0.1) is 23.5 Å². The molecule has 2 aliphatic heterocycles. The molecular weight excluding hydrogens is 356 g/mol. The van der Waals surface area contributed by atoms with E-state index in [1.807, 2.05) is 18.2 Å². The third-order valence-electron chi connectivity index (χ3n) is 4.44. The number of hydrogen-bond acceptors (Lipinski definition) is 6. The maximum atomic E-state index is 10.5. The fourth-order valence-electron chi connectivity index (χ4n) is 2.75. The second-order valence-electron chi connectivity index (χ2n) is 7.08. The Morgan fingerprint density at radius 3 is 2.04 bits per heavy atom. The first kappa shape index (κ1) is 18.4. The molecule has 2 aliphatic rings. The van der Waals surface area contributed by atoms with Crippen molar-refractivity contribution < 1.29 is 19.7 Å². The van der Waals surface area contributed by atoms with Crippen LogP contribution in [0.2, 0.25) is 0 Å². The summed E-state index contributed by atoms with van der Waals surface area (Å²) in [5, 5.41) is 20.6. The molecule has 2 atom stereocenters. The van der Waals surface area contributed by atoms with Gasteiger partial charge in [0.05, 0.1) is 17.4 Å². The zero-order valence-electron chi connectivity index (χ0n) is 14.7. The van der Waals surface area contributed by atoms with Gasteiger partial charge in [0.25, 0.3) is 0 Å². The SMILES string of the molecule is Cc1cc(SCC2(C)CC=CO2)c(SCC2(C)CC=CO2)c(O)c1O. The van der Waals surface area contributed by atoms with Gasteiger partial charge >= 0.3 is 0 Å².